The van der Waals surface area contributed by atoms with Crippen LogP contribution in [0.4, 0.5) is 0 Å². The number of hydrogen-bond donors (Lipinski definition) is 0. The SMILES string of the molecule is COc1ccc2oc(=O)cc(-c3ccccc3)c2c1. The van der Waals surface area contributed by atoms with Crippen molar-refractivity contribution >= 4 is 11.0 Å². The van der Waals surface area contributed by atoms with Crippen molar-refractivity contribution in [2.75, 3.05) is 7.11 Å². The van der Waals surface area contributed by atoms with Gasteiger partial charge in [0.05, 0.1) is 7.11 Å². The van der Waals surface area contributed by atoms with E-state index >= 15 is 0 Å². The van der Waals surface area contributed by atoms with Gasteiger partial charge in [-0.3, -0.25) is 0 Å². The molecule has 0 radical (unpaired) electrons. The van der Waals surface area contributed by atoms with E-state index in [1.165, 1.54) is 6.07 Å². The molecule has 3 nitrogen and oxygen atoms in total. The molecule has 2 aromatic carbocycles. The maximum absolute atomic E-state index is 11.6. The molecular weight excluding hydrogens is 240 g/mol. The lowest BCUT2D eigenvalue weighted by atomic mass is 10.0. The van der Waals surface area contributed by atoms with Gasteiger partial charge in [-0.25, -0.2) is 4.79 Å². The minimum atomic E-state index is -0.350. The molecule has 0 aliphatic carbocycles. The van der Waals surface area contributed by atoms with Crippen LogP contribution >= 0.6 is 0 Å². The predicted octanol–water partition coefficient (Wildman–Crippen LogP) is 3.47. The largest absolute Gasteiger partial charge is 0.497 e. The molecule has 3 heteroatoms. The number of fused-ring (bicyclic) bond motifs is 1. The molecule has 1 aromatic heterocycles. The Morgan fingerprint density at radius 3 is 2.53 bits per heavy atom. The molecule has 0 bridgehead atoms. The Hall–Kier alpha value is -2.55. The summed E-state index contributed by atoms with van der Waals surface area (Å²) in [6, 6.07) is 16.7. The van der Waals surface area contributed by atoms with Gasteiger partial charge in [0.1, 0.15) is 11.3 Å². The minimum absolute atomic E-state index is 0.350. The molecule has 0 unspecified atom stereocenters. The summed E-state index contributed by atoms with van der Waals surface area (Å²) in [5.41, 5.74) is 2.04. The van der Waals surface area contributed by atoms with Crippen molar-refractivity contribution in [1.82, 2.24) is 0 Å². The normalized spacial score (nSPS) is 10.6. The van der Waals surface area contributed by atoms with E-state index < -0.39 is 0 Å². The lowest BCUT2D eigenvalue weighted by molar-refractivity contribution is 0.415. The van der Waals surface area contributed by atoms with Crippen molar-refractivity contribution in [2.24, 2.45) is 0 Å². The molecule has 0 saturated carbocycles. The number of rotatable bonds is 2. The van der Waals surface area contributed by atoms with Crippen LogP contribution < -0.4 is 10.4 Å². The fourth-order valence-electron chi connectivity index (χ4n) is 2.13. The van der Waals surface area contributed by atoms with Gasteiger partial charge in [-0.15, -0.1) is 0 Å². The van der Waals surface area contributed by atoms with Crippen molar-refractivity contribution in [1.29, 1.82) is 0 Å². The molecule has 0 aliphatic heterocycles. The highest BCUT2D eigenvalue weighted by Gasteiger charge is 2.08. The van der Waals surface area contributed by atoms with E-state index in [1.54, 1.807) is 19.2 Å². The fourth-order valence-corrected chi connectivity index (χ4v) is 2.13. The summed E-state index contributed by atoms with van der Waals surface area (Å²) < 4.78 is 10.4. The van der Waals surface area contributed by atoms with E-state index in [4.69, 9.17) is 9.15 Å². The van der Waals surface area contributed by atoms with Crippen LogP contribution in [0.3, 0.4) is 0 Å². The van der Waals surface area contributed by atoms with Gasteiger partial charge in [0.2, 0.25) is 0 Å². The summed E-state index contributed by atoms with van der Waals surface area (Å²) in [5, 5.41) is 0.866. The maximum atomic E-state index is 11.6. The van der Waals surface area contributed by atoms with Crippen molar-refractivity contribution < 1.29 is 9.15 Å². The second kappa shape index (κ2) is 4.61. The molecule has 0 N–H and O–H groups in total. The third-order valence-corrected chi connectivity index (χ3v) is 3.03. The van der Waals surface area contributed by atoms with E-state index in [2.05, 4.69) is 0 Å². The summed E-state index contributed by atoms with van der Waals surface area (Å²) in [4.78, 5) is 11.6. The second-order valence-corrected chi connectivity index (χ2v) is 4.21. The van der Waals surface area contributed by atoms with Gasteiger partial charge in [-0.2, -0.15) is 0 Å². The molecule has 0 spiro atoms. The summed E-state index contributed by atoms with van der Waals surface area (Å²) in [6.07, 6.45) is 0. The Bertz CT molecular complexity index is 773. The number of ether oxygens (including phenoxy) is 1. The van der Waals surface area contributed by atoms with Crippen molar-refractivity contribution in [2.45, 2.75) is 0 Å². The van der Waals surface area contributed by atoms with Gasteiger partial charge < -0.3 is 9.15 Å². The van der Waals surface area contributed by atoms with E-state index in [1.807, 2.05) is 36.4 Å². The van der Waals surface area contributed by atoms with Gasteiger partial charge in [-0.1, -0.05) is 30.3 Å². The third kappa shape index (κ3) is 2.10. The van der Waals surface area contributed by atoms with Crippen LogP contribution in [0.15, 0.2) is 63.8 Å². The molecule has 0 amide bonds. The van der Waals surface area contributed by atoms with Crippen LogP contribution in [0.25, 0.3) is 22.1 Å². The first-order valence-corrected chi connectivity index (χ1v) is 5.95. The number of benzene rings is 2. The van der Waals surface area contributed by atoms with Crippen molar-refractivity contribution in [3.8, 4) is 16.9 Å². The van der Waals surface area contributed by atoms with Crippen molar-refractivity contribution in [3.05, 3.63) is 65.0 Å². The molecule has 0 saturated heterocycles. The van der Waals surface area contributed by atoms with E-state index in [9.17, 15) is 4.79 Å². The highest BCUT2D eigenvalue weighted by atomic mass is 16.5. The first kappa shape index (κ1) is 11.5. The van der Waals surface area contributed by atoms with Crippen molar-refractivity contribution in [3.63, 3.8) is 0 Å². The second-order valence-electron chi connectivity index (χ2n) is 4.21. The Labute approximate surface area is 110 Å². The first-order valence-electron chi connectivity index (χ1n) is 5.95. The van der Waals surface area contributed by atoms with Crippen LogP contribution in [0, 0.1) is 0 Å². The summed E-state index contributed by atoms with van der Waals surface area (Å²) in [5.74, 6) is 0.735. The molecule has 0 atom stereocenters. The Kier molecular flexibility index (Phi) is 2.80. The number of methoxy groups -OCH3 is 1. The smallest absolute Gasteiger partial charge is 0.336 e. The summed E-state index contributed by atoms with van der Waals surface area (Å²) >= 11 is 0. The minimum Gasteiger partial charge on any atom is -0.497 e. The van der Waals surface area contributed by atoms with Gasteiger partial charge in [-0.05, 0) is 29.3 Å². The van der Waals surface area contributed by atoms with Gasteiger partial charge >= 0.3 is 5.63 Å². The summed E-state index contributed by atoms with van der Waals surface area (Å²) in [7, 11) is 1.61. The molecular formula is C16H12O3. The van der Waals surface area contributed by atoms with Crippen LogP contribution in [-0.4, -0.2) is 7.11 Å². The molecule has 3 aromatic rings. The molecule has 3 rings (SSSR count). The zero-order chi connectivity index (χ0) is 13.2. The van der Waals surface area contributed by atoms with Crippen LogP contribution in [0.5, 0.6) is 5.75 Å². The maximum Gasteiger partial charge on any atom is 0.336 e. The standard InChI is InChI=1S/C16H12O3/c1-18-12-7-8-15-14(9-12)13(10-16(17)19-15)11-5-3-2-4-6-11/h2-10H,1H3. The van der Waals surface area contributed by atoms with Crippen LogP contribution in [0.1, 0.15) is 0 Å². The van der Waals surface area contributed by atoms with Gasteiger partial charge in [0.25, 0.3) is 0 Å². The third-order valence-electron chi connectivity index (χ3n) is 3.03. The molecule has 0 aliphatic rings. The van der Waals surface area contributed by atoms with E-state index in [0.717, 1.165) is 22.3 Å². The van der Waals surface area contributed by atoms with E-state index in [-0.39, 0.29) is 5.63 Å². The van der Waals surface area contributed by atoms with Gasteiger partial charge in [0, 0.05) is 11.5 Å². The average Bonchev–Trinajstić information content (AvgIpc) is 2.47. The highest BCUT2D eigenvalue weighted by Crippen LogP contribution is 2.29. The van der Waals surface area contributed by atoms with Gasteiger partial charge in [0.15, 0.2) is 0 Å². The van der Waals surface area contributed by atoms with Crippen LogP contribution in [0.2, 0.25) is 0 Å². The van der Waals surface area contributed by atoms with Crippen LogP contribution in [-0.2, 0) is 0 Å². The molecule has 19 heavy (non-hydrogen) atoms. The quantitative estimate of drug-likeness (QED) is 0.655. The zero-order valence-corrected chi connectivity index (χ0v) is 10.4. The Balaban J connectivity index is 2.36. The predicted molar refractivity (Wildman–Crippen MR) is 74.5 cm³/mol. The Morgan fingerprint density at radius 2 is 1.79 bits per heavy atom. The molecule has 1 heterocycles. The molecule has 94 valence electrons. The lowest BCUT2D eigenvalue weighted by Crippen LogP contribution is -1.98. The average molecular weight is 252 g/mol. The zero-order valence-electron chi connectivity index (χ0n) is 10.4. The topological polar surface area (TPSA) is 39.4 Å². The first-order chi connectivity index (χ1) is 9.28. The highest BCUT2D eigenvalue weighted by molar-refractivity contribution is 5.93. The van der Waals surface area contributed by atoms with E-state index in [0.29, 0.717) is 5.58 Å². The Morgan fingerprint density at radius 1 is 1.00 bits per heavy atom. The lowest BCUT2D eigenvalue weighted by Gasteiger charge is -2.07. The molecule has 0 fully saturated rings. The monoisotopic (exact) mass is 252 g/mol. The summed E-state index contributed by atoms with van der Waals surface area (Å²) in [6.45, 7) is 0. The fraction of sp³-hybridized carbons (Fsp3) is 0.0625. The number of hydrogen-bond acceptors (Lipinski definition) is 3.